The fourth-order valence-electron chi connectivity index (χ4n) is 3.64. The molecule has 4 aromatic rings. The number of carbonyl (C=O) groups excluding carboxylic acids is 1. The minimum Gasteiger partial charge on any atom is -0.497 e. The van der Waals surface area contributed by atoms with E-state index in [0.29, 0.717) is 43.4 Å². The normalized spacial score (nSPS) is 14.7. The van der Waals surface area contributed by atoms with Gasteiger partial charge in [0.15, 0.2) is 0 Å². The summed E-state index contributed by atoms with van der Waals surface area (Å²) in [6, 6.07) is 15.5. The van der Waals surface area contributed by atoms with E-state index in [2.05, 4.69) is 9.97 Å². The van der Waals surface area contributed by atoms with E-state index in [1.807, 2.05) is 60.0 Å². The molecule has 2 aromatic carbocycles. The number of aromatic amines is 1. The lowest BCUT2D eigenvalue weighted by molar-refractivity contribution is -0.128. The first-order valence-electron chi connectivity index (χ1n) is 10.3. The number of carbonyl (C=O) groups is 1. The molecule has 8 heteroatoms. The highest BCUT2D eigenvalue weighted by Crippen LogP contribution is 2.29. The molecule has 3 heterocycles. The van der Waals surface area contributed by atoms with Crippen molar-refractivity contribution in [2.75, 3.05) is 33.4 Å². The second-order valence-electron chi connectivity index (χ2n) is 7.37. The number of benzene rings is 2. The third-order valence-electron chi connectivity index (χ3n) is 5.30. The number of hydrogen-bond donors (Lipinski definition) is 1. The van der Waals surface area contributed by atoms with E-state index in [1.165, 1.54) is 11.3 Å². The Morgan fingerprint density at radius 1 is 1.16 bits per heavy atom. The van der Waals surface area contributed by atoms with Crippen LogP contribution in [0.15, 0.2) is 53.9 Å². The highest BCUT2D eigenvalue weighted by atomic mass is 32.1. The van der Waals surface area contributed by atoms with Crippen LogP contribution in [0.1, 0.15) is 11.5 Å². The lowest BCUT2D eigenvalue weighted by atomic mass is 10.1. The predicted molar refractivity (Wildman–Crippen MR) is 125 cm³/mol. The van der Waals surface area contributed by atoms with E-state index in [4.69, 9.17) is 14.5 Å². The SMILES string of the molecule is COc1cccc(-c2nc(/C=C(/C(=O)N3CCOCC3)c3nc4ccccc4[nH]3)cs2)c1. The number of ether oxygens (including phenoxy) is 2. The number of thiazole rings is 1. The molecule has 0 radical (unpaired) electrons. The van der Waals surface area contributed by atoms with Gasteiger partial charge in [-0.05, 0) is 30.3 Å². The smallest absolute Gasteiger partial charge is 0.257 e. The summed E-state index contributed by atoms with van der Waals surface area (Å²) in [6.07, 6.45) is 1.82. The average Bonchev–Trinajstić information content (AvgIpc) is 3.50. The summed E-state index contributed by atoms with van der Waals surface area (Å²) in [6.45, 7) is 2.19. The first kappa shape index (κ1) is 20.4. The molecule has 7 nitrogen and oxygen atoms in total. The number of imidazole rings is 1. The van der Waals surface area contributed by atoms with Crippen LogP contribution in [-0.2, 0) is 9.53 Å². The van der Waals surface area contributed by atoms with E-state index < -0.39 is 0 Å². The van der Waals surface area contributed by atoms with Crippen LogP contribution in [0.3, 0.4) is 0 Å². The number of nitrogens with one attached hydrogen (secondary N) is 1. The maximum absolute atomic E-state index is 13.4. The van der Waals surface area contributed by atoms with E-state index in [9.17, 15) is 4.79 Å². The van der Waals surface area contributed by atoms with Gasteiger partial charge in [-0.3, -0.25) is 4.79 Å². The van der Waals surface area contributed by atoms with Gasteiger partial charge < -0.3 is 19.4 Å². The maximum atomic E-state index is 13.4. The van der Waals surface area contributed by atoms with Gasteiger partial charge in [0.1, 0.15) is 16.6 Å². The second-order valence-corrected chi connectivity index (χ2v) is 8.23. The molecule has 0 aliphatic carbocycles. The summed E-state index contributed by atoms with van der Waals surface area (Å²) in [5.41, 5.74) is 3.88. The molecule has 1 amide bonds. The minimum absolute atomic E-state index is 0.0803. The Balaban J connectivity index is 1.54. The number of rotatable bonds is 5. The van der Waals surface area contributed by atoms with Gasteiger partial charge in [-0.15, -0.1) is 11.3 Å². The quantitative estimate of drug-likeness (QED) is 0.467. The number of para-hydroxylation sites is 2. The molecule has 0 atom stereocenters. The summed E-state index contributed by atoms with van der Waals surface area (Å²) in [5, 5.41) is 2.81. The molecule has 1 fully saturated rings. The van der Waals surface area contributed by atoms with Crippen LogP contribution >= 0.6 is 11.3 Å². The number of amides is 1. The van der Waals surface area contributed by atoms with Crippen molar-refractivity contribution in [3.8, 4) is 16.3 Å². The number of fused-ring (bicyclic) bond motifs is 1. The van der Waals surface area contributed by atoms with Crippen molar-refractivity contribution in [3.63, 3.8) is 0 Å². The molecule has 162 valence electrons. The second kappa shape index (κ2) is 8.94. The lowest BCUT2D eigenvalue weighted by Gasteiger charge is -2.27. The third-order valence-corrected chi connectivity index (χ3v) is 6.21. The van der Waals surface area contributed by atoms with Crippen molar-refractivity contribution < 1.29 is 14.3 Å². The van der Waals surface area contributed by atoms with E-state index in [1.54, 1.807) is 12.0 Å². The molecule has 0 saturated carbocycles. The Morgan fingerprint density at radius 3 is 2.81 bits per heavy atom. The highest BCUT2D eigenvalue weighted by Gasteiger charge is 2.24. The van der Waals surface area contributed by atoms with Crippen LogP contribution in [0, 0.1) is 0 Å². The number of nitrogens with zero attached hydrogens (tertiary/aromatic N) is 3. The molecule has 1 saturated heterocycles. The van der Waals surface area contributed by atoms with Crippen molar-refractivity contribution in [3.05, 3.63) is 65.4 Å². The molecule has 2 aromatic heterocycles. The summed E-state index contributed by atoms with van der Waals surface area (Å²) in [7, 11) is 1.64. The Bertz CT molecular complexity index is 1250. The lowest BCUT2D eigenvalue weighted by Crippen LogP contribution is -2.41. The van der Waals surface area contributed by atoms with Crippen LogP contribution in [-0.4, -0.2) is 59.2 Å². The van der Waals surface area contributed by atoms with Crippen molar-refractivity contribution in [2.24, 2.45) is 0 Å². The molecule has 1 aliphatic heterocycles. The Labute approximate surface area is 189 Å². The van der Waals surface area contributed by atoms with Gasteiger partial charge in [0.2, 0.25) is 0 Å². The van der Waals surface area contributed by atoms with Crippen LogP contribution in [0.4, 0.5) is 0 Å². The molecule has 0 bridgehead atoms. The minimum atomic E-state index is -0.0803. The molecule has 0 unspecified atom stereocenters. The average molecular weight is 447 g/mol. The van der Waals surface area contributed by atoms with Crippen molar-refractivity contribution in [2.45, 2.75) is 0 Å². The van der Waals surface area contributed by atoms with Crippen LogP contribution in [0.5, 0.6) is 5.75 Å². The number of aromatic nitrogens is 3. The number of methoxy groups -OCH3 is 1. The van der Waals surface area contributed by atoms with E-state index in [0.717, 1.165) is 27.4 Å². The van der Waals surface area contributed by atoms with Gasteiger partial charge in [-0.1, -0.05) is 24.3 Å². The molecular formula is C24H22N4O3S. The monoisotopic (exact) mass is 446 g/mol. The molecule has 32 heavy (non-hydrogen) atoms. The van der Waals surface area contributed by atoms with Crippen LogP contribution in [0.2, 0.25) is 0 Å². The molecule has 0 spiro atoms. The fraction of sp³-hybridized carbons (Fsp3) is 0.208. The highest BCUT2D eigenvalue weighted by molar-refractivity contribution is 7.13. The van der Waals surface area contributed by atoms with Crippen molar-refractivity contribution >= 4 is 39.9 Å². The zero-order chi connectivity index (χ0) is 21.9. The topological polar surface area (TPSA) is 80.3 Å². The van der Waals surface area contributed by atoms with Gasteiger partial charge in [-0.25, -0.2) is 9.97 Å². The van der Waals surface area contributed by atoms with Crippen molar-refractivity contribution in [1.29, 1.82) is 0 Å². The number of morpholine rings is 1. The first-order chi connectivity index (χ1) is 15.7. The number of hydrogen-bond acceptors (Lipinski definition) is 6. The van der Waals surface area contributed by atoms with Crippen molar-refractivity contribution in [1.82, 2.24) is 19.9 Å². The Morgan fingerprint density at radius 2 is 2.00 bits per heavy atom. The first-order valence-corrected chi connectivity index (χ1v) is 11.2. The standard InChI is InChI=1S/C24H22N4O3S/c1-30-18-6-4-5-16(13-18)23-25-17(15-32-23)14-19(24(29)28-9-11-31-12-10-28)22-26-20-7-2-3-8-21(20)27-22/h2-8,13-15H,9-12H2,1H3,(H,26,27)/b19-14+. The summed E-state index contributed by atoms with van der Waals surface area (Å²) in [4.78, 5) is 28.0. The Kier molecular flexibility index (Phi) is 5.70. The van der Waals surface area contributed by atoms with Gasteiger partial charge in [0.05, 0.1) is 42.6 Å². The maximum Gasteiger partial charge on any atom is 0.257 e. The zero-order valence-electron chi connectivity index (χ0n) is 17.6. The van der Waals surface area contributed by atoms with Gasteiger partial charge >= 0.3 is 0 Å². The van der Waals surface area contributed by atoms with Crippen LogP contribution in [0.25, 0.3) is 33.3 Å². The van der Waals surface area contributed by atoms with E-state index in [-0.39, 0.29) is 5.91 Å². The summed E-state index contributed by atoms with van der Waals surface area (Å²) >= 11 is 1.52. The zero-order valence-corrected chi connectivity index (χ0v) is 18.4. The predicted octanol–water partition coefficient (Wildman–Crippen LogP) is 4.09. The van der Waals surface area contributed by atoms with Gasteiger partial charge in [0, 0.05) is 24.0 Å². The molecular weight excluding hydrogens is 424 g/mol. The van der Waals surface area contributed by atoms with Gasteiger partial charge in [0.25, 0.3) is 5.91 Å². The largest absolute Gasteiger partial charge is 0.497 e. The molecule has 1 N–H and O–H groups in total. The fourth-order valence-corrected chi connectivity index (χ4v) is 4.41. The molecule has 5 rings (SSSR count). The number of H-pyrrole nitrogens is 1. The summed E-state index contributed by atoms with van der Waals surface area (Å²) in [5.74, 6) is 1.24. The molecule has 1 aliphatic rings. The van der Waals surface area contributed by atoms with Crippen LogP contribution < -0.4 is 4.74 Å². The summed E-state index contributed by atoms with van der Waals surface area (Å²) < 4.78 is 10.7. The van der Waals surface area contributed by atoms with E-state index >= 15 is 0 Å². The third kappa shape index (κ3) is 4.15. The Hall–Kier alpha value is -3.49. The van der Waals surface area contributed by atoms with Gasteiger partial charge in [-0.2, -0.15) is 0 Å².